The van der Waals surface area contributed by atoms with Crippen LogP contribution in [0.5, 0.6) is 0 Å². The molecule has 0 aliphatic heterocycles. The second-order valence-corrected chi connectivity index (χ2v) is 6.86. The number of thiocarbonyl (C=S) groups is 1. The molecule has 0 bridgehead atoms. The molecule has 1 aromatic heterocycles. The maximum Gasteiger partial charge on any atom is 0.263 e. The molecule has 1 aromatic carbocycles. The first-order valence-corrected chi connectivity index (χ1v) is 8.11. The van der Waals surface area contributed by atoms with E-state index in [1.165, 1.54) is 18.2 Å². The van der Waals surface area contributed by atoms with Gasteiger partial charge in [-0.15, -0.1) is 0 Å². The zero-order valence-corrected chi connectivity index (χ0v) is 13.4. The fraction of sp³-hybridized carbons (Fsp3) is 0.0769. The van der Waals surface area contributed by atoms with Gasteiger partial charge in [-0.3, -0.25) is 4.72 Å². The van der Waals surface area contributed by atoms with Crippen LogP contribution in [-0.4, -0.2) is 18.4 Å². The number of aromatic nitrogens is 1. The van der Waals surface area contributed by atoms with Crippen LogP contribution in [0.25, 0.3) is 0 Å². The van der Waals surface area contributed by atoms with Crippen molar-refractivity contribution in [2.24, 2.45) is 5.73 Å². The van der Waals surface area contributed by atoms with Crippen molar-refractivity contribution in [3.05, 3.63) is 52.7 Å². The van der Waals surface area contributed by atoms with Gasteiger partial charge in [0.15, 0.2) is 0 Å². The van der Waals surface area contributed by atoms with Crippen molar-refractivity contribution >= 4 is 44.6 Å². The molecule has 2 rings (SSSR count). The fourth-order valence-corrected chi connectivity index (χ4v) is 3.20. The van der Waals surface area contributed by atoms with E-state index in [1.54, 1.807) is 18.3 Å². The van der Waals surface area contributed by atoms with E-state index in [0.29, 0.717) is 5.56 Å². The summed E-state index contributed by atoms with van der Waals surface area (Å²) in [4.78, 5) is 4.11. The van der Waals surface area contributed by atoms with Gasteiger partial charge in [-0.05, 0) is 36.8 Å². The van der Waals surface area contributed by atoms with Crippen LogP contribution in [0.4, 0.5) is 5.82 Å². The van der Waals surface area contributed by atoms with Gasteiger partial charge in [-0.25, -0.2) is 13.4 Å². The average molecular weight is 342 g/mol. The second kappa shape index (κ2) is 5.97. The molecule has 0 aliphatic carbocycles. The lowest BCUT2D eigenvalue weighted by Gasteiger charge is -2.09. The molecule has 21 heavy (non-hydrogen) atoms. The minimum absolute atomic E-state index is 0.00914. The van der Waals surface area contributed by atoms with Crippen LogP contribution in [-0.2, 0) is 10.0 Å². The number of aryl methyl sites for hydroxylation is 1. The highest BCUT2D eigenvalue weighted by Gasteiger charge is 2.17. The summed E-state index contributed by atoms with van der Waals surface area (Å²) in [6.07, 6.45) is 1.57. The summed E-state index contributed by atoms with van der Waals surface area (Å²) in [5.74, 6) is 0.232. The number of sulfonamides is 1. The number of rotatable bonds is 4. The summed E-state index contributed by atoms with van der Waals surface area (Å²) < 4.78 is 26.9. The summed E-state index contributed by atoms with van der Waals surface area (Å²) in [6.45, 7) is 1.86. The molecule has 5 nitrogen and oxygen atoms in total. The molecule has 8 heteroatoms. The second-order valence-electron chi connectivity index (χ2n) is 4.33. The summed E-state index contributed by atoms with van der Waals surface area (Å²) in [7, 11) is -3.77. The van der Waals surface area contributed by atoms with Gasteiger partial charge in [0, 0.05) is 11.8 Å². The van der Waals surface area contributed by atoms with Gasteiger partial charge in [-0.2, -0.15) is 0 Å². The molecular formula is C13H12ClN3O2S2. The highest BCUT2D eigenvalue weighted by molar-refractivity contribution is 7.92. The molecule has 0 atom stereocenters. The molecule has 0 saturated carbocycles. The Kier molecular flexibility index (Phi) is 4.46. The lowest BCUT2D eigenvalue weighted by molar-refractivity contribution is 0.601. The summed E-state index contributed by atoms with van der Waals surface area (Å²) in [6, 6.07) is 7.50. The Balaban J connectivity index is 2.33. The van der Waals surface area contributed by atoms with Crippen LogP contribution in [0.15, 0.2) is 41.4 Å². The van der Waals surface area contributed by atoms with E-state index in [4.69, 9.17) is 29.6 Å². The van der Waals surface area contributed by atoms with Gasteiger partial charge in [0.25, 0.3) is 10.0 Å². The minimum atomic E-state index is -3.77. The van der Waals surface area contributed by atoms with E-state index in [2.05, 4.69) is 9.71 Å². The van der Waals surface area contributed by atoms with Gasteiger partial charge in [0.2, 0.25) is 0 Å². The van der Waals surface area contributed by atoms with Crippen LogP contribution in [0.3, 0.4) is 0 Å². The van der Waals surface area contributed by atoms with E-state index in [-0.39, 0.29) is 20.7 Å². The summed E-state index contributed by atoms with van der Waals surface area (Å²) in [5.41, 5.74) is 6.85. The molecule has 2 aromatic rings. The Morgan fingerprint density at radius 3 is 2.57 bits per heavy atom. The molecule has 3 N–H and O–H groups in total. The monoisotopic (exact) mass is 341 g/mol. The Labute approximate surface area is 133 Å². The average Bonchev–Trinajstić information content (AvgIpc) is 2.40. The molecule has 0 radical (unpaired) electrons. The van der Waals surface area contributed by atoms with Gasteiger partial charge >= 0.3 is 0 Å². The smallest absolute Gasteiger partial charge is 0.263 e. The maximum atomic E-state index is 12.2. The molecule has 1 heterocycles. The zero-order chi connectivity index (χ0) is 15.6. The minimum Gasteiger partial charge on any atom is -0.389 e. The van der Waals surface area contributed by atoms with Crippen molar-refractivity contribution in [1.82, 2.24) is 4.98 Å². The molecule has 0 saturated heterocycles. The first-order valence-electron chi connectivity index (χ1n) is 5.84. The van der Waals surface area contributed by atoms with Crippen molar-refractivity contribution < 1.29 is 8.42 Å². The number of benzene rings is 1. The first kappa shape index (κ1) is 15.7. The highest BCUT2D eigenvalue weighted by Crippen LogP contribution is 2.22. The van der Waals surface area contributed by atoms with Gasteiger partial charge in [0.05, 0.1) is 9.92 Å². The van der Waals surface area contributed by atoms with Crippen molar-refractivity contribution in [3.63, 3.8) is 0 Å². The highest BCUT2D eigenvalue weighted by atomic mass is 35.5. The van der Waals surface area contributed by atoms with E-state index >= 15 is 0 Å². The lowest BCUT2D eigenvalue weighted by Crippen LogP contribution is -2.15. The van der Waals surface area contributed by atoms with Crippen molar-refractivity contribution in [3.8, 4) is 0 Å². The number of halogens is 1. The topological polar surface area (TPSA) is 85.1 Å². The number of nitrogens with zero attached hydrogens (tertiary/aromatic N) is 1. The predicted octanol–water partition coefficient (Wildman–Crippen LogP) is 2.48. The summed E-state index contributed by atoms with van der Waals surface area (Å²) in [5, 5.41) is 0.183. The molecule has 0 spiro atoms. The largest absolute Gasteiger partial charge is 0.389 e. The van der Waals surface area contributed by atoms with Gasteiger partial charge in [-0.1, -0.05) is 29.9 Å². The third-order valence-corrected chi connectivity index (χ3v) is 4.55. The predicted molar refractivity (Wildman–Crippen MR) is 87.1 cm³/mol. The normalized spacial score (nSPS) is 11.1. The van der Waals surface area contributed by atoms with E-state index in [9.17, 15) is 8.42 Å². The number of nitrogens with two attached hydrogens (primary N) is 1. The number of nitrogens with one attached hydrogen (secondary N) is 1. The maximum absolute atomic E-state index is 12.2. The van der Waals surface area contributed by atoms with Crippen molar-refractivity contribution in [1.29, 1.82) is 0 Å². The van der Waals surface area contributed by atoms with Crippen LogP contribution in [0, 0.1) is 6.92 Å². The van der Waals surface area contributed by atoms with E-state index in [0.717, 1.165) is 5.56 Å². The Bertz CT molecular complexity index is 790. The Morgan fingerprint density at radius 1 is 1.33 bits per heavy atom. The third-order valence-electron chi connectivity index (χ3n) is 2.67. The standard InChI is InChI=1S/C13H12ClN3O2S2/c1-8-2-5-12(16-7-8)17-21(18,19)9-3-4-10(13(15)20)11(14)6-9/h2-7H,1H3,(H2,15,20)(H,16,17). The first-order chi connectivity index (χ1) is 9.79. The van der Waals surface area contributed by atoms with Crippen LogP contribution in [0.1, 0.15) is 11.1 Å². The van der Waals surface area contributed by atoms with Crippen LogP contribution in [0.2, 0.25) is 5.02 Å². The van der Waals surface area contributed by atoms with E-state index in [1.807, 2.05) is 6.92 Å². The molecule has 0 amide bonds. The molecular weight excluding hydrogens is 330 g/mol. The van der Waals surface area contributed by atoms with Crippen molar-refractivity contribution in [2.45, 2.75) is 11.8 Å². The Hall–Kier alpha value is -1.70. The SMILES string of the molecule is Cc1ccc(NS(=O)(=O)c2ccc(C(N)=S)c(Cl)c2)nc1. The van der Waals surface area contributed by atoms with Crippen LogP contribution < -0.4 is 10.5 Å². The quantitative estimate of drug-likeness (QED) is 0.834. The molecule has 110 valence electrons. The van der Waals surface area contributed by atoms with Crippen molar-refractivity contribution in [2.75, 3.05) is 4.72 Å². The number of pyridine rings is 1. The molecule has 0 unspecified atom stereocenters. The zero-order valence-electron chi connectivity index (χ0n) is 11.0. The third kappa shape index (κ3) is 3.69. The lowest BCUT2D eigenvalue weighted by atomic mass is 10.2. The number of hydrogen-bond acceptors (Lipinski definition) is 4. The van der Waals surface area contributed by atoms with Gasteiger partial charge in [0.1, 0.15) is 10.8 Å². The number of hydrogen-bond donors (Lipinski definition) is 2. The van der Waals surface area contributed by atoms with E-state index < -0.39 is 10.0 Å². The summed E-state index contributed by atoms with van der Waals surface area (Å²) >= 11 is 10.8. The molecule has 0 aliphatic rings. The molecule has 0 fully saturated rings. The van der Waals surface area contributed by atoms with Gasteiger partial charge < -0.3 is 5.73 Å². The number of anilines is 1. The van der Waals surface area contributed by atoms with Crippen LogP contribution >= 0.6 is 23.8 Å². The fourth-order valence-electron chi connectivity index (χ4n) is 1.59. The Morgan fingerprint density at radius 2 is 2.05 bits per heavy atom.